The van der Waals surface area contributed by atoms with Gasteiger partial charge < -0.3 is 26.2 Å². The van der Waals surface area contributed by atoms with Crippen molar-refractivity contribution < 1.29 is 24.6 Å². The average Bonchev–Trinajstić information content (AvgIpc) is 2.79. The minimum absolute atomic E-state index is 0.143. The van der Waals surface area contributed by atoms with Crippen molar-refractivity contribution in [2.75, 3.05) is 26.2 Å². The van der Waals surface area contributed by atoms with Crippen LogP contribution in [0.15, 0.2) is 12.7 Å². The van der Waals surface area contributed by atoms with E-state index >= 15 is 0 Å². The molecule has 0 aromatic rings. The van der Waals surface area contributed by atoms with Crippen molar-refractivity contribution in [3.8, 4) is 0 Å². The van der Waals surface area contributed by atoms with E-state index in [0.29, 0.717) is 13.0 Å². The normalized spacial score (nSPS) is 25.7. The number of nitrogens with zero attached hydrogens (tertiary/aromatic N) is 1. The number of carbonyl (C=O) groups excluding carboxylic acids is 2. The molecule has 3 amide bonds. The smallest absolute Gasteiger partial charge is 0.404 e. The molecule has 5 N–H and O–H groups in total. The molecule has 1 saturated heterocycles. The van der Waals surface area contributed by atoms with E-state index in [4.69, 9.17) is 5.11 Å². The maximum atomic E-state index is 13.2. The van der Waals surface area contributed by atoms with Crippen molar-refractivity contribution in [3.05, 3.63) is 12.7 Å². The second-order valence-electron chi connectivity index (χ2n) is 7.94. The van der Waals surface area contributed by atoms with Gasteiger partial charge in [-0.3, -0.25) is 14.5 Å². The number of allylic oxidation sites excluding steroid dienone is 1. The summed E-state index contributed by atoms with van der Waals surface area (Å²) in [6.45, 7) is 11.0. The number of carbonyl (C=O) groups is 3. The minimum atomic E-state index is -1.25. The first kappa shape index (κ1) is 22.9. The van der Waals surface area contributed by atoms with E-state index in [0.717, 1.165) is 0 Å². The molecule has 0 radical (unpaired) electrons. The van der Waals surface area contributed by atoms with Gasteiger partial charge in [0.15, 0.2) is 0 Å². The van der Waals surface area contributed by atoms with Gasteiger partial charge in [-0.2, -0.15) is 0 Å². The quantitative estimate of drug-likeness (QED) is 0.372. The maximum Gasteiger partial charge on any atom is 0.404 e. The molecule has 0 saturated carbocycles. The Bertz CT molecular complexity index is 575. The van der Waals surface area contributed by atoms with Gasteiger partial charge in [0.2, 0.25) is 11.8 Å². The molecule has 0 aromatic carbocycles. The molecule has 1 aliphatic heterocycles. The fourth-order valence-corrected chi connectivity index (χ4v) is 3.67. The number of hydrogen-bond acceptors (Lipinski definition) is 5. The van der Waals surface area contributed by atoms with Gasteiger partial charge in [0.25, 0.3) is 0 Å². The Kier molecular flexibility index (Phi) is 7.79. The summed E-state index contributed by atoms with van der Waals surface area (Å²) in [5, 5.41) is 26.8. The lowest BCUT2D eigenvalue weighted by Gasteiger charge is -2.37. The highest BCUT2D eigenvalue weighted by molar-refractivity contribution is 5.92. The fraction of sp³-hybridized carbons (Fsp3) is 0.722. The van der Waals surface area contributed by atoms with Crippen molar-refractivity contribution in [1.29, 1.82) is 0 Å². The number of rotatable bonds is 8. The van der Waals surface area contributed by atoms with E-state index in [1.807, 2.05) is 25.7 Å². The summed E-state index contributed by atoms with van der Waals surface area (Å²) in [5.41, 5.74) is -1.75. The zero-order valence-electron chi connectivity index (χ0n) is 16.5. The molecule has 1 rings (SSSR count). The zero-order valence-corrected chi connectivity index (χ0v) is 16.5. The number of aliphatic hydroxyl groups excluding tert-OH is 1. The second-order valence-corrected chi connectivity index (χ2v) is 7.94. The molecule has 1 aliphatic rings. The molecule has 0 bridgehead atoms. The van der Waals surface area contributed by atoms with Gasteiger partial charge in [0.1, 0.15) is 5.54 Å². The van der Waals surface area contributed by atoms with Gasteiger partial charge in [-0.25, -0.2) is 4.79 Å². The van der Waals surface area contributed by atoms with Crippen LogP contribution in [0.25, 0.3) is 0 Å². The van der Waals surface area contributed by atoms with Crippen LogP contribution in [0.4, 0.5) is 4.79 Å². The summed E-state index contributed by atoms with van der Waals surface area (Å²) >= 11 is 0. The lowest BCUT2D eigenvalue weighted by Crippen LogP contribution is -2.66. The van der Waals surface area contributed by atoms with Crippen molar-refractivity contribution in [2.24, 2.45) is 5.92 Å². The second kappa shape index (κ2) is 9.18. The third-order valence-electron chi connectivity index (χ3n) is 4.59. The summed E-state index contributed by atoms with van der Waals surface area (Å²) < 4.78 is 0. The molecule has 2 unspecified atom stereocenters. The molecule has 1 heterocycles. The number of aliphatic hydroxyl groups is 1. The highest BCUT2D eigenvalue weighted by atomic mass is 16.4. The Balaban J connectivity index is 3.25. The summed E-state index contributed by atoms with van der Waals surface area (Å²) in [6.07, 6.45) is 0.926. The first-order chi connectivity index (χ1) is 12.5. The van der Waals surface area contributed by atoms with Crippen LogP contribution >= 0.6 is 0 Å². The van der Waals surface area contributed by atoms with E-state index in [1.165, 1.54) is 6.92 Å². The van der Waals surface area contributed by atoms with Crippen LogP contribution in [0.1, 0.15) is 34.1 Å². The molecule has 0 aliphatic carbocycles. The van der Waals surface area contributed by atoms with Crippen LogP contribution in [0.3, 0.4) is 0 Å². The van der Waals surface area contributed by atoms with Gasteiger partial charge in [0.05, 0.1) is 6.61 Å². The number of amides is 3. The third-order valence-corrected chi connectivity index (χ3v) is 4.59. The molecule has 0 aromatic heterocycles. The molecular weight excluding hydrogens is 352 g/mol. The predicted octanol–water partition coefficient (Wildman–Crippen LogP) is -0.0876. The average molecular weight is 384 g/mol. The van der Waals surface area contributed by atoms with Gasteiger partial charge in [-0.15, -0.1) is 6.58 Å². The molecule has 3 atom stereocenters. The van der Waals surface area contributed by atoms with Crippen LogP contribution in [0, 0.1) is 5.92 Å². The lowest BCUT2D eigenvalue weighted by atomic mass is 9.79. The summed E-state index contributed by atoms with van der Waals surface area (Å²) in [5.74, 6) is -1.09. The van der Waals surface area contributed by atoms with Gasteiger partial charge in [0, 0.05) is 44.1 Å². The fourth-order valence-electron chi connectivity index (χ4n) is 3.67. The Morgan fingerprint density at radius 3 is 2.41 bits per heavy atom. The van der Waals surface area contributed by atoms with Crippen molar-refractivity contribution >= 4 is 17.9 Å². The molecule has 154 valence electrons. The van der Waals surface area contributed by atoms with Crippen molar-refractivity contribution in [2.45, 2.75) is 51.2 Å². The van der Waals surface area contributed by atoms with Crippen molar-refractivity contribution in [3.63, 3.8) is 0 Å². The summed E-state index contributed by atoms with van der Waals surface area (Å²) in [4.78, 5) is 37.7. The molecule has 0 spiro atoms. The van der Waals surface area contributed by atoms with E-state index in [1.54, 1.807) is 6.08 Å². The van der Waals surface area contributed by atoms with Gasteiger partial charge >= 0.3 is 6.09 Å². The SMILES string of the molecule is C=CCC1[C@@H](CO)N(CCNC(=O)O)CC1(NC(C)=O)C(=O)NC(C)(C)C. The standard InChI is InChI=1S/C18H32N4O5/c1-6-7-13-14(10-23)22(9-8-19-16(26)27)11-18(13,20-12(2)24)15(25)21-17(3,4)5/h6,13-14,19,23H,1,7-11H2,2-5H3,(H,20,24)(H,21,25)(H,26,27)/t13?,14-,18?/m1/s1. The first-order valence-electron chi connectivity index (χ1n) is 9.00. The molecule has 9 heteroatoms. The van der Waals surface area contributed by atoms with Crippen LogP contribution in [-0.4, -0.2) is 76.4 Å². The van der Waals surface area contributed by atoms with E-state index < -0.39 is 29.1 Å². The maximum absolute atomic E-state index is 13.2. The summed E-state index contributed by atoms with van der Waals surface area (Å²) in [6, 6.07) is -0.420. The van der Waals surface area contributed by atoms with Crippen molar-refractivity contribution in [1.82, 2.24) is 20.9 Å². The zero-order chi connectivity index (χ0) is 20.8. The summed E-state index contributed by atoms with van der Waals surface area (Å²) in [7, 11) is 0. The first-order valence-corrected chi connectivity index (χ1v) is 9.00. The number of hydrogen-bond donors (Lipinski definition) is 5. The third kappa shape index (κ3) is 5.93. The van der Waals surface area contributed by atoms with Crippen LogP contribution in [0.2, 0.25) is 0 Å². The molecule has 1 fully saturated rings. The van der Waals surface area contributed by atoms with E-state index in [2.05, 4.69) is 22.5 Å². The highest BCUT2D eigenvalue weighted by Gasteiger charge is 2.57. The number of nitrogens with one attached hydrogen (secondary N) is 3. The largest absolute Gasteiger partial charge is 0.465 e. The van der Waals surface area contributed by atoms with Crippen LogP contribution in [0.5, 0.6) is 0 Å². The van der Waals surface area contributed by atoms with Gasteiger partial charge in [-0.1, -0.05) is 6.08 Å². The Morgan fingerprint density at radius 1 is 1.33 bits per heavy atom. The minimum Gasteiger partial charge on any atom is -0.465 e. The predicted molar refractivity (Wildman–Crippen MR) is 101 cm³/mol. The lowest BCUT2D eigenvalue weighted by molar-refractivity contribution is -0.135. The Morgan fingerprint density at radius 2 is 1.96 bits per heavy atom. The van der Waals surface area contributed by atoms with Gasteiger partial charge in [-0.05, 0) is 27.2 Å². The van der Waals surface area contributed by atoms with Crippen LogP contribution in [-0.2, 0) is 9.59 Å². The topological polar surface area (TPSA) is 131 Å². The number of likely N-dealkylation sites (tertiary alicyclic amines) is 1. The Labute approximate surface area is 160 Å². The monoisotopic (exact) mass is 384 g/mol. The van der Waals surface area contributed by atoms with Crippen LogP contribution < -0.4 is 16.0 Å². The van der Waals surface area contributed by atoms with E-state index in [-0.39, 0.29) is 31.5 Å². The molecule has 27 heavy (non-hydrogen) atoms. The highest BCUT2D eigenvalue weighted by Crippen LogP contribution is 2.37. The van der Waals surface area contributed by atoms with E-state index in [9.17, 15) is 19.5 Å². The Hall–Kier alpha value is -2.13. The molecule has 9 nitrogen and oxygen atoms in total. The number of carboxylic acid groups (broad SMARTS) is 1. The molecular formula is C18H32N4O5.